The molecule has 1 N–H and O–H groups in total. The third-order valence-electron chi connectivity index (χ3n) is 3.72. The van der Waals surface area contributed by atoms with Crippen LogP contribution in [0.4, 0.5) is 18.9 Å². The van der Waals surface area contributed by atoms with E-state index >= 15 is 0 Å². The molecule has 1 aliphatic heterocycles. The van der Waals surface area contributed by atoms with Gasteiger partial charge in [-0.3, -0.25) is 4.79 Å². The van der Waals surface area contributed by atoms with Gasteiger partial charge in [0, 0.05) is 12.1 Å². The molecule has 0 spiro atoms. The molecule has 0 aliphatic carbocycles. The summed E-state index contributed by atoms with van der Waals surface area (Å²) in [5.74, 6) is -1.35. The molecule has 25 heavy (non-hydrogen) atoms. The number of carbonyl (C=O) groups is 2. The molecule has 2 aromatic rings. The molecule has 0 saturated carbocycles. The van der Waals surface area contributed by atoms with Crippen LogP contribution in [0.15, 0.2) is 42.5 Å². The number of carbonyl (C=O) groups excluding carboxylic acids is 2. The predicted molar refractivity (Wildman–Crippen MR) is 84.4 cm³/mol. The Hall–Kier alpha value is -2.54. The number of rotatable bonds is 2. The molecule has 130 valence electrons. The summed E-state index contributed by atoms with van der Waals surface area (Å²) in [5, 5.41) is 1.86. The monoisotopic (exact) mass is 369 g/mol. The van der Waals surface area contributed by atoms with Crippen molar-refractivity contribution in [3.05, 3.63) is 64.2 Å². The minimum Gasteiger partial charge on any atom is -0.448 e. The topological polar surface area (TPSA) is 55.4 Å². The molecule has 1 amide bonds. The molecule has 0 fully saturated rings. The average Bonchev–Trinajstić information content (AvgIpc) is 2.55. The number of amides is 1. The van der Waals surface area contributed by atoms with Gasteiger partial charge in [-0.1, -0.05) is 29.8 Å². The SMILES string of the molecule is O=C1OC(C(=O)Nc2ccc(Cl)c(C(F)(F)F)c2)Cc2ccccc21. The van der Waals surface area contributed by atoms with E-state index in [0.29, 0.717) is 11.1 Å². The highest BCUT2D eigenvalue weighted by Crippen LogP contribution is 2.36. The Bertz CT molecular complexity index is 851. The van der Waals surface area contributed by atoms with E-state index in [9.17, 15) is 22.8 Å². The van der Waals surface area contributed by atoms with Crippen molar-refractivity contribution in [3.63, 3.8) is 0 Å². The van der Waals surface area contributed by atoms with Crippen LogP contribution in [-0.2, 0) is 22.1 Å². The van der Waals surface area contributed by atoms with Crippen molar-refractivity contribution in [1.29, 1.82) is 0 Å². The molecule has 3 rings (SSSR count). The van der Waals surface area contributed by atoms with Gasteiger partial charge in [0.05, 0.1) is 16.1 Å². The van der Waals surface area contributed by atoms with E-state index in [0.717, 1.165) is 12.1 Å². The number of hydrogen-bond donors (Lipinski definition) is 1. The van der Waals surface area contributed by atoms with E-state index in [1.165, 1.54) is 6.07 Å². The summed E-state index contributed by atoms with van der Waals surface area (Å²) in [6.45, 7) is 0. The average molecular weight is 370 g/mol. The van der Waals surface area contributed by atoms with Gasteiger partial charge < -0.3 is 10.1 Å². The molecule has 2 aromatic carbocycles. The summed E-state index contributed by atoms with van der Waals surface area (Å²) in [5.41, 5.74) is -0.127. The number of alkyl halides is 3. The van der Waals surface area contributed by atoms with Crippen molar-refractivity contribution < 1.29 is 27.5 Å². The first-order valence-corrected chi connectivity index (χ1v) is 7.60. The molecule has 8 heteroatoms. The number of fused-ring (bicyclic) bond motifs is 1. The van der Waals surface area contributed by atoms with Gasteiger partial charge >= 0.3 is 12.1 Å². The number of ether oxygens (including phenoxy) is 1. The lowest BCUT2D eigenvalue weighted by molar-refractivity contribution is -0.137. The van der Waals surface area contributed by atoms with Crippen LogP contribution in [0.1, 0.15) is 21.5 Å². The lowest BCUT2D eigenvalue weighted by Crippen LogP contribution is -2.38. The fourth-order valence-corrected chi connectivity index (χ4v) is 2.75. The highest BCUT2D eigenvalue weighted by Gasteiger charge is 2.34. The number of anilines is 1. The Morgan fingerprint density at radius 3 is 2.64 bits per heavy atom. The van der Waals surface area contributed by atoms with Crippen molar-refractivity contribution in [1.82, 2.24) is 0 Å². The maximum absolute atomic E-state index is 12.9. The molecule has 4 nitrogen and oxygen atoms in total. The summed E-state index contributed by atoms with van der Waals surface area (Å²) in [4.78, 5) is 24.2. The Morgan fingerprint density at radius 2 is 1.92 bits per heavy atom. The van der Waals surface area contributed by atoms with E-state index in [2.05, 4.69) is 5.32 Å². The summed E-state index contributed by atoms with van der Waals surface area (Å²) in [6, 6.07) is 9.70. The molecular weight excluding hydrogens is 359 g/mol. The third kappa shape index (κ3) is 3.61. The van der Waals surface area contributed by atoms with Gasteiger partial charge in [-0.05, 0) is 29.8 Å². The van der Waals surface area contributed by atoms with Crippen LogP contribution in [0.3, 0.4) is 0 Å². The van der Waals surface area contributed by atoms with Crippen LogP contribution in [0.25, 0.3) is 0 Å². The quantitative estimate of drug-likeness (QED) is 0.812. The Balaban J connectivity index is 1.79. The first-order chi connectivity index (χ1) is 11.8. The molecule has 0 bridgehead atoms. The van der Waals surface area contributed by atoms with E-state index in [1.54, 1.807) is 24.3 Å². The maximum atomic E-state index is 12.9. The summed E-state index contributed by atoms with van der Waals surface area (Å²) in [6.07, 6.45) is -5.62. The summed E-state index contributed by atoms with van der Waals surface area (Å²) < 4.78 is 43.7. The predicted octanol–water partition coefficient (Wildman–Crippen LogP) is 4.08. The summed E-state index contributed by atoms with van der Waals surface area (Å²) >= 11 is 5.54. The fourth-order valence-electron chi connectivity index (χ4n) is 2.52. The maximum Gasteiger partial charge on any atom is 0.417 e. The number of hydrogen-bond acceptors (Lipinski definition) is 3. The van der Waals surface area contributed by atoms with Crippen LogP contribution in [0, 0.1) is 0 Å². The largest absolute Gasteiger partial charge is 0.448 e. The van der Waals surface area contributed by atoms with Crippen LogP contribution in [-0.4, -0.2) is 18.0 Å². The van der Waals surface area contributed by atoms with Crippen molar-refractivity contribution in [2.24, 2.45) is 0 Å². The summed E-state index contributed by atoms with van der Waals surface area (Å²) in [7, 11) is 0. The Kier molecular flexibility index (Phi) is 4.43. The van der Waals surface area contributed by atoms with Crippen LogP contribution in [0.5, 0.6) is 0 Å². The molecule has 0 aromatic heterocycles. The normalized spacial score (nSPS) is 16.8. The van der Waals surface area contributed by atoms with Gasteiger partial charge in [0.1, 0.15) is 0 Å². The number of cyclic esters (lactones) is 1. The highest BCUT2D eigenvalue weighted by atomic mass is 35.5. The van der Waals surface area contributed by atoms with E-state index < -0.39 is 34.7 Å². The molecule has 1 atom stereocenters. The first kappa shape index (κ1) is 17.3. The van der Waals surface area contributed by atoms with Crippen molar-refractivity contribution >= 4 is 29.2 Å². The minimum absolute atomic E-state index is 0.0865. The number of halogens is 4. The number of esters is 1. The van der Waals surface area contributed by atoms with Gasteiger partial charge in [0.15, 0.2) is 6.10 Å². The molecule has 1 heterocycles. The number of nitrogens with one attached hydrogen (secondary N) is 1. The van der Waals surface area contributed by atoms with Crippen molar-refractivity contribution in [3.8, 4) is 0 Å². The molecule has 1 unspecified atom stereocenters. The standard InChI is InChI=1S/C17H11ClF3NO3/c18-13-6-5-10(8-12(13)17(19,20)21)22-15(23)14-7-9-3-1-2-4-11(9)16(24)25-14/h1-6,8,14H,7H2,(H,22,23). The van der Waals surface area contributed by atoms with Crippen molar-refractivity contribution in [2.75, 3.05) is 5.32 Å². The molecule has 0 saturated heterocycles. The molecular formula is C17H11ClF3NO3. The van der Waals surface area contributed by atoms with Gasteiger partial charge in [-0.2, -0.15) is 13.2 Å². The van der Waals surface area contributed by atoms with Crippen LogP contribution < -0.4 is 5.32 Å². The lowest BCUT2D eigenvalue weighted by Gasteiger charge is -2.24. The van der Waals surface area contributed by atoms with Gasteiger partial charge in [-0.25, -0.2) is 4.79 Å². The second kappa shape index (κ2) is 6.40. The zero-order valence-electron chi connectivity index (χ0n) is 12.6. The van der Waals surface area contributed by atoms with Crippen LogP contribution >= 0.6 is 11.6 Å². The first-order valence-electron chi connectivity index (χ1n) is 7.22. The van der Waals surface area contributed by atoms with E-state index in [1.807, 2.05) is 0 Å². The zero-order valence-corrected chi connectivity index (χ0v) is 13.3. The third-order valence-corrected chi connectivity index (χ3v) is 4.05. The zero-order chi connectivity index (χ0) is 18.2. The van der Waals surface area contributed by atoms with Gasteiger partial charge in [-0.15, -0.1) is 0 Å². The van der Waals surface area contributed by atoms with Gasteiger partial charge in [0.25, 0.3) is 5.91 Å². The molecule has 0 radical (unpaired) electrons. The Morgan fingerprint density at radius 1 is 1.20 bits per heavy atom. The second-order valence-electron chi connectivity index (χ2n) is 5.44. The Labute approximate surface area is 145 Å². The highest BCUT2D eigenvalue weighted by molar-refractivity contribution is 6.31. The number of benzene rings is 2. The fraction of sp³-hybridized carbons (Fsp3) is 0.176. The van der Waals surface area contributed by atoms with Gasteiger partial charge in [0.2, 0.25) is 0 Å². The van der Waals surface area contributed by atoms with Crippen LogP contribution in [0.2, 0.25) is 5.02 Å². The lowest BCUT2D eigenvalue weighted by atomic mass is 9.98. The van der Waals surface area contributed by atoms with E-state index in [4.69, 9.17) is 16.3 Å². The minimum atomic E-state index is -4.64. The second-order valence-corrected chi connectivity index (χ2v) is 5.84. The molecule has 1 aliphatic rings. The van der Waals surface area contributed by atoms with Crippen molar-refractivity contribution in [2.45, 2.75) is 18.7 Å². The van der Waals surface area contributed by atoms with E-state index in [-0.39, 0.29) is 12.1 Å². The smallest absolute Gasteiger partial charge is 0.417 e.